The second-order valence-corrected chi connectivity index (χ2v) is 6.77. The first-order valence-electron chi connectivity index (χ1n) is 7.21. The third-order valence-electron chi connectivity index (χ3n) is 3.38. The number of benzene rings is 1. The van der Waals surface area contributed by atoms with E-state index in [0.717, 1.165) is 12.1 Å². The second-order valence-electron chi connectivity index (χ2n) is 6.77. The Morgan fingerprint density at radius 1 is 1.38 bits per heavy atom. The zero-order valence-electron chi connectivity index (χ0n) is 12.8. The van der Waals surface area contributed by atoms with Crippen LogP contribution in [0.1, 0.15) is 33.6 Å². The Morgan fingerprint density at radius 3 is 2.71 bits per heavy atom. The smallest absolute Gasteiger partial charge is 0.244 e. The molecule has 1 unspecified atom stereocenters. The van der Waals surface area contributed by atoms with Crippen molar-refractivity contribution in [2.75, 3.05) is 16.8 Å². The van der Waals surface area contributed by atoms with Crippen molar-refractivity contribution >= 4 is 23.2 Å². The molecule has 5 heteroatoms. The molecule has 0 aromatic heterocycles. The van der Waals surface area contributed by atoms with Gasteiger partial charge in [0.15, 0.2) is 0 Å². The Kier molecular flexibility index (Phi) is 4.32. The molecular weight excluding hydrogens is 266 g/mol. The highest BCUT2D eigenvalue weighted by molar-refractivity contribution is 6.09. The van der Waals surface area contributed by atoms with Gasteiger partial charge in [0.25, 0.3) is 0 Å². The maximum absolute atomic E-state index is 12.5. The normalized spacial score (nSPS) is 16.2. The number of anilines is 2. The summed E-state index contributed by atoms with van der Waals surface area (Å²) in [7, 11) is 0. The van der Waals surface area contributed by atoms with Crippen LogP contribution in [-0.4, -0.2) is 24.4 Å². The van der Waals surface area contributed by atoms with Crippen LogP contribution in [0.25, 0.3) is 0 Å². The first kappa shape index (κ1) is 15.5. The minimum absolute atomic E-state index is 0.0537. The lowest BCUT2D eigenvalue weighted by Gasteiger charge is -2.30. The SMILES string of the molecule is CC(C)(C)CC(N)CC(=O)N1CC(=O)Nc2ccccc21. The Hall–Kier alpha value is -1.88. The van der Waals surface area contributed by atoms with E-state index in [-0.39, 0.29) is 36.2 Å². The summed E-state index contributed by atoms with van der Waals surface area (Å²) in [4.78, 5) is 25.7. The fraction of sp³-hybridized carbons (Fsp3) is 0.500. The molecular formula is C16H23N3O2. The summed E-state index contributed by atoms with van der Waals surface area (Å²) in [5, 5.41) is 2.77. The van der Waals surface area contributed by atoms with E-state index in [2.05, 4.69) is 26.1 Å². The molecule has 1 aliphatic rings. The highest BCUT2D eigenvalue weighted by atomic mass is 16.2. The quantitative estimate of drug-likeness (QED) is 0.895. The molecule has 0 saturated carbocycles. The van der Waals surface area contributed by atoms with Crippen molar-refractivity contribution in [3.63, 3.8) is 0 Å². The topological polar surface area (TPSA) is 75.4 Å². The van der Waals surface area contributed by atoms with Crippen LogP contribution < -0.4 is 16.0 Å². The standard InChI is InChI=1S/C16H23N3O2/c1-16(2,3)9-11(17)8-15(21)19-10-14(20)18-12-6-4-5-7-13(12)19/h4-7,11H,8-10,17H2,1-3H3,(H,18,20). The molecule has 3 N–H and O–H groups in total. The lowest BCUT2D eigenvalue weighted by molar-refractivity contribution is -0.122. The monoisotopic (exact) mass is 289 g/mol. The van der Waals surface area contributed by atoms with Gasteiger partial charge in [-0.3, -0.25) is 9.59 Å². The number of amides is 2. The number of rotatable bonds is 3. The molecule has 0 saturated heterocycles. The van der Waals surface area contributed by atoms with Crippen molar-refractivity contribution in [3.8, 4) is 0 Å². The Bertz CT molecular complexity index is 549. The summed E-state index contributed by atoms with van der Waals surface area (Å²) in [6.45, 7) is 6.35. The summed E-state index contributed by atoms with van der Waals surface area (Å²) in [5.74, 6) is -0.277. The van der Waals surface area contributed by atoms with Crippen LogP contribution in [0.2, 0.25) is 0 Å². The average Bonchev–Trinajstić information content (AvgIpc) is 2.35. The van der Waals surface area contributed by atoms with E-state index in [4.69, 9.17) is 5.73 Å². The van der Waals surface area contributed by atoms with Crippen LogP contribution in [0.3, 0.4) is 0 Å². The number of hydrogen-bond acceptors (Lipinski definition) is 3. The van der Waals surface area contributed by atoms with Crippen LogP contribution in [0.5, 0.6) is 0 Å². The second kappa shape index (κ2) is 5.85. The molecule has 0 spiro atoms. The molecule has 21 heavy (non-hydrogen) atoms. The highest BCUT2D eigenvalue weighted by Gasteiger charge is 2.28. The van der Waals surface area contributed by atoms with E-state index < -0.39 is 0 Å². The Morgan fingerprint density at radius 2 is 2.05 bits per heavy atom. The predicted molar refractivity (Wildman–Crippen MR) is 84.1 cm³/mol. The van der Waals surface area contributed by atoms with Crippen LogP contribution in [0, 0.1) is 5.41 Å². The summed E-state index contributed by atoms with van der Waals surface area (Å²) in [6.07, 6.45) is 1.01. The van der Waals surface area contributed by atoms with Gasteiger partial charge >= 0.3 is 0 Å². The first-order valence-corrected chi connectivity index (χ1v) is 7.21. The summed E-state index contributed by atoms with van der Waals surface area (Å²) in [5.41, 5.74) is 7.57. The van der Waals surface area contributed by atoms with Gasteiger partial charge in [0.1, 0.15) is 6.54 Å². The van der Waals surface area contributed by atoms with E-state index in [1.54, 1.807) is 6.07 Å². The summed E-state index contributed by atoms with van der Waals surface area (Å²) >= 11 is 0. The lowest BCUT2D eigenvalue weighted by atomic mass is 9.87. The number of nitrogens with two attached hydrogens (primary N) is 1. The molecule has 0 fully saturated rings. The summed E-state index contributed by atoms with van der Waals surface area (Å²) < 4.78 is 0. The fourth-order valence-electron chi connectivity index (χ4n) is 2.65. The first-order chi connectivity index (χ1) is 9.76. The molecule has 1 aromatic carbocycles. The fourth-order valence-corrected chi connectivity index (χ4v) is 2.65. The van der Waals surface area contributed by atoms with Crippen molar-refractivity contribution in [2.24, 2.45) is 11.1 Å². The molecule has 0 bridgehead atoms. The van der Waals surface area contributed by atoms with E-state index in [1.807, 2.05) is 18.2 Å². The van der Waals surface area contributed by atoms with Crippen molar-refractivity contribution < 1.29 is 9.59 Å². The molecule has 1 aliphatic heterocycles. The van der Waals surface area contributed by atoms with Crippen LogP contribution in [0.4, 0.5) is 11.4 Å². The minimum atomic E-state index is -0.199. The van der Waals surface area contributed by atoms with Gasteiger partial charge in [-0.15, -0.1) is 0 Å². The number of fused-ring (bicyclic) bond motifs is 1. The van der Waals surface area contributed by atoms with Gasteiger partial charge in [-0.25, -0.2) is 0 Å². The number of nitrogens with one attached hydrogen (secondary N) is 1. The van der Waals surface area contributed by atoms with Gasteiger partial charge in [0, 0.05) is 12.5 Å². The number of carbonyl (C=O) groups excluding carboxylic acids is 2. The van der Waals surface area contributed by atoms with Crippen LogP contribution in [-0.2, 0) is 9.59 Å². The van der Waals surface area contributed by atoms with Crippen molar-refractivity contribution in [3.05, 3.63) is 24.3 Å². The largest absolute Gasteiger partial charge is 0.327 e. The van der Waals surface area contributed by atoms with E-state index >= 15 is 0 Å². The number of hydrogen-bond donors (Lipinski definition) is 2. The Labute approximate surface area is 125 Å². The van der Waals surface area contributed by atoms with Gasteiger partial charge < -0.3 is 16.0 Å². The van der Waals surface area contributed by atoms with Crippen molar-refractivity contribution in [1.29, 1.82) is 0 Å². The number of para-hydroxylation sites is 2. The molecule has 5 nitrogen and oxygen atoms in total. The number of nitrogens with zero attached hydrogens (tertiary/aromatic N) is 1. The van der Waals surface area contributed by atoms with E-state index in [1.165, 1.54) is 4.90 Å². The van der Waals surface area contributed by atoms with E-state index in [9.17, 15) is 9.59 Å². The Balaban J connectivity index is 2.11. The molecule has 2 amide bonds. The molecule has 1 aromatic rings. The van der Waals surface area contributed by atoms with Crippen LogP contribution >= 0.6 is 0 Å². The summed E-state index contributed by atoms with van der Waals surface area (Å²) in [6, 6.07) is 7.11. The van der Waals surface area contributed by atoms with Gasteiger partial charge in [0.05, 0.1) is 11.4 Å². The van der Waals surface area contributed by atoms with Gasteiger partial charge in [-0.1, -0.05) is 32.9 Å². The third-order valence-corrected chi connectivity index (χ3v) is 3.38. The maximum Gasteiger partial charge on any atom is 0.244 e. The molecule has 1 atom stereocenters. The highest BCUT2D eigenvalue weighted by Crippen LogP contribution is 2.30. The number of carbonyl (C=O) groups is 2. The van der Waals surface area contributed by atoms with Crippen LogP contribution in [0.15, 0.2) is 24.3 Å². The zero-order valence-corrected chi connectivity index (χ0v) is 12.8. The predicted octanol–water partition coefficient (Wildman–Crippen LogP) is 2.13. The molecule has 2 rings (SSSR count). The average molecular weight is 289 g/mol. The van der Waals surface area contributed by atoms with Gasteiger partial charge in [-0.05, 0) is 24.0 Å². The van der Waals surface area contributed by atoms with Gasteiger partial charge in [-0.2, -0.15) is 0 Å². The molecule has 114 valence electrons. The van der Waals surface area contributed by atoms with E-state index in [0.29, 0.717) is 5.69 Å². The molecule has 0 aliphatic carbocycles. The maximum atomic E-state index is 12.5. The van der Waals surface area contributed by atoms with Crippen molar-refractivity contribution in [2.45, 2.75) is 39.7 Å². The lowest BCUT2D eigenvalue weighted by Crippen LogP contribution is -2.44. The molecule has 1 heterocycles. The van der Waals surface area contributed by atoms with Gasteiger partial charge in [0.2, 0.25) is 11.8 Å². The minimum Gasteiger partial charge on any atom is -0.327 e. The molecule has 0 radical (unpaired) electrons. The zero-order chi connectivity index (χ0) is 15.6. The third kappa shape index (κ3) is 4.04. The van der Waals surface area contributed by atoms with Crippen molar-refractivity contribution in [1.82, 2.24) is 0 Å².